The summed E-state index contributed by atoms with van der Waals surface area (Å²) in [6.45, 7) is 4.58. The van der Waals surface area contributed by atoms with Crippen LogP contribution in [0.1, 0.15) is 30.4 Å². The highest BCUT2D eigenvalue weighted by Crippen LogP contribution is 2.25. The summed E-state index contributed by atoms with van der Waals surface area (Å²) in [5.74, 6) is 0.612. The molecule has 82 valence electrons. The second-order valence-corrected chi connectivity index (χ2v) is 4.57. The number of anilines is 1. The van der Waals surface area contributed by atoms with Crippen LogP contribution in [-0.4, -0.2) is 13.1 Å². The standard InChI is InChI=1S/C13H18ClN/c1-11-5-6-12(10-14)9-13(11)15-7-3-2-4-8-15/h5-6,9H,2-4,7-8,10H2,1H3. The van der Waals surface area contributed by atoms with E-state index in [4.69, 9.17) is 11.6 Å². The summed E-state index contributed by atoms with van der Waals surface area (Å²) in [5, 5.41) is 0. The molecule has 0 unspecified atom stereocenters. The van der Waals surface area contributed by atoms with Crippen molar-refractivity contribution >= 4 is 17.3 Å². The van der Waals surface area contributed by atoms with E-state index in [0.717, 1.165) is 0 Å². The van der Waals surface area contributed by atoms with Crippen molar-refractivity contribution in [3.05, 3.63) is 29.3 Å². The molecule has 0 aromatic heterocycles. The molecule has 0 N–H and O–H groups in total. The molecule has 1 heterocycles. The van der Waals surface area contributed by atoms with E-state index in [9.17, 15) is 0 Å². The molecule has 0 radical (unpaired) electrons. The van der Waals surface area contributed by atoms with E-state index in [1.54, 1.807) is 0 Å². The number of alkyl halides is 1. The summed E-state index contributed by atoms with van der Waals surface area (Å²) >= 11 is 5.87. The van der Waals surface area contributed by atoms with Crippen molar-refractivity contribution in [3.8, 4) is 0 Å². The molecule has 0 saturated carbocycles. The number of rotatable bonds is 2. The molecular formula is C13H18ClN. The highest BCUT2D eigenvalue weighted by atomic mass is 35.5. The minimum absolute atomic E-state index is 0.612. The zero-order chi connectivity index (χ0) is 10.7. The number of piperidine rings is 1. The molecule has 1 aliphatic rings. The van der Waals surface area contributed by atoms with Crippen molar-refractivity contribution < 1.29 is 0 Å². The normalized spacial score (nSPS) is 16.8. The maximum atomic E-state index is 5.87. The fourth-order valence-electron chi connectivity index (χ4n) is 2.21. The van der Waals surface area contributed by atoms with Gasteiger partial charge < -0.3 is 4.90 Å². The van der Waals surface area contributed by atoms with Gasteiger partial charge in [-0.15, -0.1) is 11.6 Å². The Bertz CT molecular complexity index is 329. The van der Waals surface area contributed by atoms with Gasteiger partial charge in [0.1, 0.15) is 0 Å². The average molecular weight is 224 g/mol. The summed E-state index contributed by atoms with van der Waals surface area (Å²) < 4.78 is 0. The number of hydrogen-bond acceptors (Lipinski definition) is 1. The molecule has 0 bridgehead atoms. The number of hydrogen-bond donors (Lipinski definition) is 0. The van der Waals surface area contributed by atoms with Gasteiger partial charge >= 0.3 is 0 Å². The van der Waals surface area contributed by atoms with E-state index in [-0.39, 0.29) is 0 Å². The van der Waals surface area contributed by atoms with Gasteiger partial charge in [0, 0.05) is 24.7 Å². The first-order valence-corrected chi connectivity index (χ1v) is 6.25. The van der Waals surface area contributed by atoms with Crippen molar-refractivity contribution in [2.24, 2.45) is 0 Å². The van der Waals surface area contributed by atoms with E-state index in [0.29, 0.717) is 5.88 Å². The molecule has 15 heavy (non-hydrogen) atoms. The smallest absolute Gasteiger partial charge is 0.0474 e. The lowest BCUT2D eigenvalue weighted by Gasteiger charge is -2.30. The van der Waals surface area contributed by atoms with Crippen LogP contribution in [0.2, 0.25) is 0 Å². The summed E-state index contributed by atoms with van der Waals surface area (Å²) in [7, 11) is 0. The Morgan fingerprint density at radius 3 is 2.60 bits per heavy atom. The van der Waals surface area contributed by atoms with Crippen molar-refractivity contribution in [2.45, 2.75) is 32.1 Å². The van der Waals surface area contributed by atoms with Crippen LogP contribution >= 0.6 is 11.6 Å². The lowest BCUT2D eigenvalue weighted by molar-refractivity contribution is 0.577. The van der Waals surface area contributed by atoms with Gasteiger partial charge in [0.15, 0.2) is 0 Å². The number of halogens is 1. The predicted molar refractivity (Wildman–Crippen MR) is 66.8 cm³/mol. The first-order valence-electron chi connectivity index (χ1n) is 5.71. The van der Waals surface area contributed by atoms with E-state index in [2.05, 4.69) is 30.0 Å². The molecule has 1 aliphatic heterocycles. The monoisotopic (exact) mass is 223 g/mol. The van der Waals surface area contributed by atoms with E-state index < -0.39 is 0 Å². The summed E-state index contributed by atoms with van der Waals surface area (Å²) in [4.78, 5) is 2.49. The Balaban J connectivity index is 2.24. The van der Waals surface area contributed by atoms with E-state index >= 15 is 0 Å². The molecular weight excluding hydrogens is 206 g/mol. The lowest BCUT2D eigenvalue weighted by atomic mass is 10.1. The maximum absolute atomic E-state index is 5.87. The van der Waals surface area contributed by atoms with Gasteiger partial charge in [0.05, 0.1) is 0 Å². The first kappa shape index (κ1) is 10.8. The van der Waals surface area contributed by atoms with Crippen molar-refractivity contribution in [1.29, 1.82) is 0 Å². The molecule has 1 aromatic carbocycles. The fraction of sp³-hybridized carbons (Fsp3) is 0.538. The second-order valence-electron chi connectivity index (χ2n) is 4.30. The molecule has 1 saturated heterocycles. The van der Waals surface area contributed by atoms with Crippen LogP contribution in [0.4, 0.5) is 5.69 Å². The minimum atomic E-state index is 0.612. The van der Waals surface area contributed by atoms with Crippen molar-refractivity contribution in [2.75, 3.05) is 18.0 Å². The van der Waals surface area contributed by atoms with Gasteiger partial charge in [0.25, 0.3) is 0 Å². The van der Waals surface area contributed by atoms with Crippen LogP contribution in [0.25, 0.3) is 0 Å². The Labute approximate surface area is 97.0 Å². The third-order valence-electron chi connectivity index (χ3n) is 3.12. The van der Waals surface area contributed by atoms with Gasteiger partial charge in [0.2, 0.25) is 0 Å². The average Bonchev–Trinajstić information content (AvgIpc) is 2.31. The van der Waals surface area contributed by atoms with Crippen molar-refractivity contribution in [3.63, 3.8) is 0 Å². The topological polar surface area (TPSA) is 3.24 Å². The summed E-state index contributed by atoms with van der Waals surface area (Å²) in [6.07, 6.45) is 4.03. The van der Waals surface area contributed by atoms with Crippen LogP contribution in [0.15, 0.2) is 18.2 Å². The third kappa shape index (κ3) is 2.46. The molecule has 1 fully saturated rings. The van der Waals surface area contributed by atoms with Crippen LogP contribution in [0, 0.1) is 6.92 Å². The zero-order valence-electron chi connectivity index (χ0n) is 9.30. The van der Waals surface area contributed by atoms with Gasteiger partial charge in [-0.3, -0.25) is 0 Å². The molecule has 0 amide bonds. The predicted octanol–water partition coefficient (Wildman–Crippen LogP) is 3.72. The Hall–Kier alpha value is -0.690. The van der Waals surface area contributed by atoms with Crippen LogP contribution in [-0.2, 0) is 5.88 Å². The van der Waals surface area contributed by atoms with Crippen LogP contribution < -0.4 is 4.90 Å². The SMILES string of the molecule is Cc1ccc(CCl)cc1N1CCCCC1. The van der Waals surface area contributed by atoms with Gasteiger partial charge in [-0.1, -0.05) is 12.1 Å². The van der Waals surface area contributed by atoms with Crippen LogP contribution in [0.5, 0.6) is 0 Å². The van der Waals surface area contributed by atoms with E-state index in [1.807, 2.05) is 0 Å². The summed E-state index contributed by atoms with van der Waals surface area (Å²) in [6, 6.07) is 6.55. The highest BCUT2D eigenvalue weighted by molar-refractivity contribution is 6.17. The van der Waals surface area contributed by atoms with Gasteiger partial charge in [-0.2, -0.15) is 0 Å². The van der Waals surface area contributed by atoms with E-state index in [1.165, 1.54) is 49.2 Å². The zero-order valence-corrected chi connectivity index (χ0v) is 10.1. The van der Waals surface area contributed by atoms with Crippen molar-refractivity contribution in [1.82, 2.24) is 0 Å². The Kier molecular flexibility index (Phi) is 3.53. The third-order valence-corrected chi connectivity index (χ3v) is 3.43. The minimum Gasteiger partial charge on any atom is -0.371 e. The molecule has 0 atom stereocenters. The summed E-state index contributed by atoms with van der Waals surface area (Å²) in [5.41, 5.74) is 3.97. The number of benzene rings is 1. The second kappa shape index (κ2) is 4.89. The Morgan fingerprint density at radius 2 is 1.93 bits per heavy atom. The number of aryl methyl sites for hydroxylation is 1. The molecule has 2 heteroatoms. The maximum Gasteiger partial charge on any atom is 0.0474 e. The van der Waals surface area contributed by atoms with Crippen LogP contribution in [0.3, 0.4) is 0 Å². The molecule has 0 spiro atoms. The largest absolute Gasteiger partial charge is 0.371 e. The quantitative estimate of drug-likeness (QED) is 0.691. The Morgan fingerprint density at radius 1 is 1.20 bits per heavy atom. The van der Waals surface area contributed by atoms with Gasteiger partial charge in [-0.25, -0.2) is 0 Å². The number of nitrogens with zero attached hydrogens (tertiary/aromatic N) is 1. The first-order chi connectivity index (χ1) is 7.31. The van der Waals surface area contributed by atoms with Gasteiger partial charge in [-0.05, 0) is 43.4 Å². The highest BCUT2D eigenvalue weighted by Gasteiger charge is 2.12. The lowest BCUT2D eigenvalue weighted by Crippen LogP contribution is -2.30. The molecule has 1 aromatic rings. The molecule has 1 nitrogen and oxygen atoms in total. The fourth-order valence-corrected chi connectivity index (χ4v) is 2.38. The molecule has 2 rings (SSSR count). The molecule has 0 aliphatic carbocycles.